The lowest BCUT2D eigenvalue weighted by molar-refractivity contribution is -0.131. The van der Waals surface area contributed by atoms with Crippen LogP contribution in [-0.2, 0) is 4.79 Å². The Bertz CT molecular complexity index is 324. The highest BCUT2D eigenvalue weighted by atomic mass is 16.2. The SMILES string of the molecule is CNCCC(=O)N(C)C(C)c1ccccc1. The van der Waals surface area contributed by atoms with Crippen LogP contribution in [0, 0.1) is 0 Å². The standard InChI is InChI=1S/C13H20N2O/c1-11(12-7-5-4-6-8-12)15(3)13(16)9-10-14-2/h4-8,11,14H,9-10H2,1-3H3. The van der Waals surface area contributed by atoms with Gasteiger partial charge in [0.25, 0.3) is 0 Å². The quantitative estimate of drug-likeness (QED) is 0.821. The lowest BCUT2D eigenvalue weighted by atomic mass is 10.1. The monoisotopic (exact) mass is 220 g/mol. The van der Waals surface area contributed by atoms with Crippen LogP contribution in [0.1, 0.15) is 24.9 Å². The smallest absolute Gasteiger partial charge is 0.224 e. The molecule has 0 aromatic heterocycles. The first-order chi connectivity index (χ1) is 7.66. The molecule has 0 saturated carbocycles. The molecule has 1 unspecified atom stereocenters. The molecule has 0 bridgehead atoms. The fourth-order valence-corrected chi connectivity index (χ4v) is 1.58. The van der Waals surface area contributed by atoms with Crippen LogP contribution in [0.5, 0.6) is 0 Å². The average molecular weight is 220 g/mol. The number of carbonyl (C=O) groups excluding carboxylic acids is 1. The second-order valence-corrected chi connectivity index (χ2v) is 3.94. The summed E-state index contributed by atoms with van der Waals surface area (Å²) in [6.07, 6.45) is 0.546. The van der Waals surface area contributed by atoms with Crippen LogP contribution in [0.3, 0.4) is 0 Å². The first-order valence-corrected chi connectivity index (χ1v) is 5.62. The molecule has 1 N–H and O–H groups in total. The summed E-state index contributed by atoms with van der Waals surface area (Å²) in [5.74, 6) is 0.172. The minimum Gasteiger partial charge on any atom is -0.339 e. The fourth-order valence-electron chi connectivity index (χ4n) is 1.58. The molecule has 0 aliphatic carbocycles. The number of nitrogens with zero attached hydrogens (tertiary/aromatic N) is 1. The third kappa shape index (κ3) is 3.35. The third-order valence-electron chi connectivity index (χ3n) is 2.85. The van der Waals surface area contributed by atoms with Crippen molar-refractivity contribution in [1.29, 1.82) is 0 Å². The maximum atomic E-state index is 11.8. The molecular formula is C13H20N2O. The van der Waals surface area contributed by atoms with Crippen LogP contribution in [0.25, 0.3) is 0 Å². The Morgan fingerprint density at radius 3 is 2.56 bits per heavy atom. The highest BCUT2D eigenvalue weighted by Gasteiger charge is 2.16. The largest absolute Gasteiger partial charge is 0.339 e. The predicted molar refractivity (Wildman–Crippen MR) is 66.2 cm³/mol. The van der Waals surface area contributed by atoms with Crippen LogP contribution in [0.15, 0.2) is 30.3 Å². The van der Waals surface area contributed by atoms with Gasteiger partial charge in [-0.1, -0.05) is 30.3 Å². The number of nitrogens with one attached hydrogen (secondary N) is 1. The van der Waals surface area contributed by atoms with Crippen molar-refractivity contribution in [3.05, 3.63) is 35.9 Å². The van der Waals surface area contributed by atoms with Gasteiger partial charge in [0.05, 0.1) is 6.04 Å². The van der Waals surface area contributed by atoms with E-state index in [-0.39, 0.29) is 11.9 Å². The van der Waals surface area contributed by atoms with Gasteiger partial charge in [-0.15, -0.1) is 0 Å². The molecule has 0 fully saturated rings. The van der Waals surface area contributed by atoms with Gasteiger partial charge >= 0.3 is 0 Å². The molecule has 1 aromatic carbocycles. The van der Waals surface area contributed by atoms with Gasteiger partial charge in [-0.3, -0.25) is 4.79 Å². The Morgan fingerprint density at radius 2 is 2.00 bits per heavy atom. The molecule has 3 nitrogen and oxygen atoms in total. The zero-order valence-electron chi connectivity index (χ0n) is 10.2. The van der Waals surface area contributed by atoms with E-state index in [1.807, 2.05) is 51.4 Å². The summed E-state index contributed by atoms with van der Waals surface area (Å²) in [6.45, 7) is 2.78. The summed E-state index contributed by atoms with van der Waals surface area (Å²) in [6, 6.07) is 10.2. The number of hydrogen-bond acceptors (Lipinski definition) is 2. The van der Waals surface area contributed by atoms with Crippen LogP contribution >= 0.6 is 0 Å². The molecule has 0 radical (unpaired) electrons. The summed E-state index contributed by atoms with van der Waals surface area (Å²) >= 11 is 0. The number of benzene rings is 1. The van der Waals surface area contributed by atoms with E-state index < -0.39 is 0 Å². The molecule has 1 rings (SSSR count). The van der Waals surface area contributed by atoms with Gasteiger partial charge in [-0.25, -0.2) is 0 Å². The topological polar surface area (TPSA) is 32.3 Å². The van der Waals surface area contributed by atoms with Crippen molar-refractivity contribution in [2.24, 2.45) is 0 Å². The molecule has 16 heavy (non-hydrogen) atoms. The Labute approximate surface area is 97.5 Å². The van der Waals surface area contributed by atoms with Crippen molar-refractivity contribution in [2.45, 2.75) is 19.4 Å². The Morgan fingerprint density at radius 1 is 1.38 bits per heavy atom. The highest BCUT2D eigenvalue weighted by molar-refractivity contribution is 5.76. The van der Waals surface area contributed by atoms with E-state index in [0.717, 1.165) is 6.54 Å². The van der Waals surface area contributed by atoms with Gasteiger partial charge in [0.15, 0.2) is 0 Å². The van der Waals surface area contributed by atoms with Crippen molar-refractivity contribution in [1.82, 2.24) is 10.2 Å². The van der Waals surface area contributed by atoms with Gasteiger partial charge in [-0.05, 0) is 19.5 Å². The fraction of sp³-hybridized carbons (Fsp3) is 0.462. The third-order valence-corrected chi connectivity index (χ3v) is 2.85. The second kappa shape index (κ2) is 6.28. The zero-order chi connectivity index (χ0) is 12.0. The van der Waals surface area contributed by atoms with E-state index in [1.165, 1.54) is 5.56 Å². The van der Waals surface area contributed by atoms with Crippen molar-refractivity contribution >= 4 is 5.91 Å². The van der Waals surface area contributed by atoms with Crippen molar-refractivity contribution in [3.63, 3.8) is 0 Å². The van der Waals surface area contributed by atoms with Crippen molar-refractivity contribution in [2.75, 3.05) is 20.6 Å². The summed E-state index contributed by atoms with van der Waals surface area (Å²) in [5, 5.41) is 2.98. The van der Waals surface area contributed by atoms with E-state index >= 15 is 0 Å². The van der Waals surface area contributed by atoms with Crippen LogP contribution in [0.4, 0.5) is 0 Å². The molecule has 0 aliphatic heterocycles. The Hall–Kier alpha value is -1.35. The van der Waals surface area contributed by atoms with Gasteiger partial charge in [0, 0.05) is 20.0 Å². The number of carbonyl (C=O) groups is 1. The molecule has 0 saturated heterocycles. The zero-order valence-corrected chi connectivity index (χ0v) is 10.2. The number of rotatable bonds is 5. The lowest BCUT2D eigenvalue weighted by Gasteiger charge is -2.25. The van der Waals surface area contributed by atoms with Gasteiger partial charge in [0.1, 0.15) is 0 Å². The average Bonchev–Trinajstić information content (AvgIpc) is 2.35. The Kier molecular flexibility index (Phi) is 4.99. The van der Waals surface area contributed by atoms with Crippen LogP contribution < -0.4 is 5.32 Å². The van der Waals surface area contributed by atoms with Gasteiger partial charge < -0.3 is 10.2 Å². The summed E-state index contributed by atoms with van der Waals surface area (Å²) in [4.78, 5) is 13.6. The van der Waals surface area contributed by atoms with Crippen molar-refractivity contribution < 1.29 is 4.79 Å². The molecule has 0 aliphatic rings. The number of amides is 1. The first kappa shape index (κ1) is 12.7. The summed E-state index contributed by atoms with van der Waals surface area (Å²) in [7, 11) is 3.71. The van der Waals surface area contributed by atoms with Crippen LogP contribution in [-0.4, -0.2) is 31.4 Å². The molecular weight excluding hydrogens is 200 g/mol. The molecule has 0 spiro atoms. The minimum absolute atomic E-state index is 0.130. The minimum atomic E-state index is 0.130. The summed E-state index contributed by atoms with van der Waals surface area (Å²) in [5.41, 5.74) is 1.17. The molecule has 1 atom stereocenters. The maximum absolute atomic E-state index is 11.8. The first-order valence-electron chi connectivity index (χ1n) is 5.62. The van der Waals surface area contributed by atoms with E-state index in [2.05, 4.69) is 5.32 Å². The highest BCUT2D eigenvalue weighted by Crippen LogP contribution is 2.18. The summed E-state index contributed by atoms with van der Waals surface area (Å²) < 4.78 is 0. The second-order valence-electron chi connectivity index (χ2n) is 3.94. The van der Waals surface area contributed by atoms with E-state index in [1.54, 1.807) is 4.90 Å². The van der Waals surface area contributed by atoms with Crippen molar-refractivity contribution in [3.8, 4) is 0 Å². The Balaban J connectivity index is 2.60. The van der Waals surface area contributed by atoms with E-state index in [0.29, 0.717) is 6.42 Å². The maximum Gasteiger partial charge on any atom is 0.224 e. The lowest BCUT2D eigenvalue weighted by Crippen LogP contribution is -2.31. The molecule has 3 heteroatoms. The normalized spacial score (nSPS) is 12.2. The molecule has 88 valence electrons. The van der Waals surface area contributed by atoms with Crippen LogP contribution in [0.2, 0.25) is 0 Å². The number of hydrogen-bond donors (Lipinski definition) is 1. The molecule has 0 heterocycles. The molecule has 1 aromatic rings. The van der Waals surface area contributed by atoms with E-state index in [4.69, 9.17) is 0 Å². The van der Waals surface area contributed by atoms with Gasteiger partial charge in [0.2, 0.25) is 5.91 Å². The van der Waals surface area contributed by atoms with E-state index in [9.17, 15) is 4.79 Å². The predicted octanol–water partition coefficient (Wildman–Crippen LogP) is 1.82. The molecule has 1 amide bonds. The van der Waals surface area contributed by atoms with Gasteiger partial charge in [-0.2, -0.15) is 0 Å².